The molecule has 0 N–H and O–H groups in total. The molecule has 104 valence electrons. The Hall–Kier alpha value is -1.95. The molecule has 0 aliphatic rings. The summed E-state index contributed by atoms with van der Waals surface area (Å²) in [5, 5.41) is 0. The van der Waals surface area contributed by atoms with Crippen LogP contribution in [0.5, 0.6) is 11.8 Å². The normalized spacial score (nSPS) is 10.2. The van der Waals surface area contributed by atoms with Gasteiger partial charge in [-0.25, -0.2) is 4.98 Å². The number of hydrogen-bond donors (Lipinski definition) is 0. The summed E-state index contributed by atoms with van der Waals surface area (Å²) in [6.45, 7) is 1.91. The van der Waals surface area contributed by atoms with Gasteiger partial charge in [0.05, 0.1) is 20.4 Å². The highest BCUT2D eigenvalue weighted by molar-refractivity contribution is 9.10. The van der Waals surface area contributed by atoms with Gasteiger partial charge in [-0.1, -0.05) is 12.1 Å². The molecular formula is C14H13BrN2O3. The van der Waals surface area contributed by atoms with Crippen molar-refractivity contribution in [1.29, 1.82) is 0 Å². The fourth-order valence-corrected chi connectivity index (χ4v) is 2.15. The van der Waals surface area contributed by atoms with Crippen LogP contribution in [0.3, 0.4) is 0 Å². The molecular weight excluding hydrogens is 324 g/mol. The second-order valence-corrected chi connectivity index (χ2v) is 4.83. The number of methoxy groups -OCH3 is 2. The van der Waals surface area contributed by atoms with E-state index in [1.807, 2.05) is 19.1 Å². The van der Waals surface area contributed by atoms with Crippen LogP contribution in [-0.4, -0.2) is 30.0 Å². The molecule has 0 fully saturated rings. The fraction of sp³-hybridized carbons (Fsp3) is 0.214. The van der Waals surface area contributed by atoms with Crippen LogP contribution < -0.4 is 9.47 Å². The Morgan fingerprint density at radius 1 is 1.25 bits per heavy atom. The molecule has 0 saturated heterocycles. The number of hydrogen-bond acceptors (Lipinski definition) is 5. The van der Waals surface area contributed by atoms with E-state index in [4.69, 9.17) is 9.47 Å². The molecule has 0 aliphatic carbocycles. The van der Waals surface area contributed by atoms with Gasteiger partial charge in [-0.2, -0.15) is 4.98 Å². The summed E-state index contributed by atoms with van der Waals surface area (Å²) >= 11 is 3.42. The summed E-state index contributed by atoms with van der Waals surface area (Å²) in [7, 11) is 2.91. The first-order valence-corrected chi connectivity index (χ1v) is 6.62. The van der Waals surface area contributed by atoms with Gasteiger partial charge in [-0.3, -0.25) is 4.79 Å². The lowest BCUT2D eigenvalue weighted by molar-refractivity contribution is 0.102. The van der Waals surface area contributed by atoms with Gasteiger partial charge >= 0.3 is 0 Å². The van der Waals surface area contributed by atoms with E-state index in [-0.39, 0.29) is 17.4 Å². The zero-order valence-corrected chi connectivity index (χ0v) is 12.9. The Labute approximate surface area is 125 Å². The minimum absolute atomic E-state index is 0.141. The van der Waals surface area contributed by atoms with Crippen molar-refractivity contribution < 1.29 is 14.3 Å². The van der Waals surface area contributed by atoms with Crippen molar-refractivity contribution in [3.05, 3.63) is 45.7 Å². The maximum atomic E-state index is 12.5. The highest BCUT2D eigenvalue weighted by Crippen LogP contribution is 2.26. The minimum Gasteiger partial charge on any atom is -0.480 e. The Balaban J connectivity index is 2.50. The zero-order chi connectivity index (χ0) is 14.7. The molecule has 1 aromatic heterocycles. The van der Waals surface area contributed by atoms with Gasteiger partial charge in [-0.05, 0) is 34.5 Å². The highest BCUT2D eigenvalue weighted by atomic mass is 79.9. The van der Waals surface area contributed by atoms with Crippen LogP contribution in [-0.2, 0) is 0 Å². The predicted molar refractivity (Wildman–Crippen MR) is 77.4 cm³/mol. The maximum absolute atomic E-state index is 12.5. The number of aromatic nitrogens is 2. The molecule has 20 heavy (non-hydrogen) atoms. The number of carbonyl (C=O) groups excluding carboxylic acids is 1. The van der Waals surface area contributed by atoms with Gasteiger partial charge in [0.2, 0.25) is 17.5 Å². The molecule has 1 heterocycles. The third kappa shape index (κ3) is 2.65. The predicted octanol–water partition coefficient (Wildman–Crippen LogP) is 2.80. The standard InChI is InChI=1S/C14H13BrN2O3/c1-8-5-4-6-9(11(8)15)13(18)12-14(20-3)17-10(19-2)7-16-12/h4-7H,1-3H3. The smallest absolute Gasteiger partial charge is 0.247 e. The van der Waals surface area contributed by atoms with Gasteiger partial charge in [0, 0.05) is 10.0 Å². The van der Waals surface area contributed by atoms with Crippen molar-refractivity contribution in [2.24, 2.45) is 0 Å². The Morgan fingerprint density at radius 3 is 2.65 bits per heavy atom. The van der Waals surface area contributed by atoms with Gasteiger partial charge in [0.15, 0.2) is 5.69 Å². The largest absolute Gasteiger partial charge is 0.480 e. The first-order chi connectivity index (χ1) is 9.58. The van der Waals surface area contributed by atoms with Crippen LogP contribution in [0.2, 0.25) is 0 Å². The number of halogens is 1. The first kappa shape index (κ1) is 14.5. The number of rotatable bonds is 4. The summed E-state index contributed by atoms with van der Waals surface area (Å²) < 4.78 is 10.8. The van der Waals surface area contributed by atoms with E-state index in [0.29, 0.717) is 11.4 Å². The van der Waals surface area contributed by atoms with Crippen LogP contribution in [0.1, 0.15) is 21.6 Å². The summed E-state index contributed by atoms with van der Waals surface area (Å²) in [4.78, 5) is 20.7. The number of ketones is 1. The lowest BCUT2D eigenvalue weighted by atomic mass is 10.1. The second kappa shape index (κ2) is 6.00. The molecule has 0 aliphatic heterocycles. The van der Waals surface area contributed by atoms with Crippen molar-refractivity contribution >= 4 is 21.7 Å². The third-order valence-electron chi connectivity index (χ3n) is 2.77. The molecule has 0 saturated carbocycles. The average molecular weight is 337 g/mol. The molecule has 2 rings (SSSR count). The summed E-state index contributed by atoms with van der Waals surface area (Å²) in [6.07, 6.45) is 1.39. The molecule has 0 unspecified atom stereocenters. The Morgan fingerprint density at radius 2 is 2.00 bits per heavy atom. The minimum atomic E-state index is -0.257. The molecule has 6 heteroatoms. The summed E-state index contributed by atoms with van der Waals surface area (Å²) in [5.41, 5.74) is 1.64. The summed E-state index contributed by atoms with van der Waals surface area (Å²) in [6, 6.07) is 5.46. The lowest BCUT2D eigenvalue weighted by Crippen LogP contribution is -2.09. The first-order valence-electron chi connectivity index (χ1n) is 5.83. The molecule has 0 amide bonds. The van der Waals surface area contributed by atoms with E-state index >= 15 is 0 Å². The van der Waals surface area contributed by atoms with Crippen molar-refractivity contribution in [3.63, 3.8) is 0 Å². The molecule has 0 bridgehead atoms. The number of ether oxygens (including phenoxy) is 2. The second-order valence-electron chi connectivity index (χ2n) is 4.04. The number of benzene rings is 1. The van der Waals surface area contributed by atoms with Crippen LogP contribution in [0, 0.1) is 6.92 Å². The number of carbonyl (C=O) groups is 1. The van der Waals surface area contributed by atoms with Gasteiger partial charge in [0.1, 0.15) is 0 Å². The lowest BCUT2D eigenvalue weighted by Gasteiger charge is -2.09. The van der Waals surface area contributed by atoms with E-state index in [0.717, 1.165) is 10.0 Å². The van der Waals surface area contributed by atoms with E-state index in [1.165, 1.54) is 20.4 Å². The molecule has 0 atom stereocenters. The van der Waals surface area contributed by atoms with Gasteiger partial charge < -0.3 is 9.47 Å². The van der Waals surface area contributed by atoms with Crippen LogP contribution >= 0.6 is 15.9 Å². The van der Waals surface area contributed by atoms with Crippen molar-refractivity contribution in [2.45, 2.75) is 6.92 Å². The number of aryl methyl sites for hydroxylation is 1. The van der Waals surface area contributed by atoms with Gasteiger partial charge in [0.25, 0.3) is 0 Å². The van der Waals surface area contributed by atoms with Crippen molar-refractivity contribution in [2.75, 3.05) is 14.2 Å². The molecule has 2 aromatic rings. The van der Waals surface area contributed by atoms with Crippen LogP contribution in [0.15, 0.2) is 28.9 Å². The fourth-order valence-electron chi connectivity index (χ4n) is 1.70. The molecule has 0 spiro atoms. The SMILES string of the molecule is COc1cnc(C(=O)c2cccc(C)c2Br)c(OC)n1. The maximum Gasteiger partial charge on any atom is 0.247 e. The Bertz CT molecular complexity index is 659. The van der Waals surface area contributed by atoms with Crippen molar-refractivity contribution in [1.82, 2.24) is 9.97 Å². The van der Waals surface area contributed by atoms with Gasteiger partial charge in [-0.15, -0.1) is 0 Å². The molecule has 5 nitrogen and oxygen atoms in total. The summed E-state index contributed by atoms with van der Waals surface area (Å²) in [5.74, 6) is 0.178. The van der Waals surface area contributed by atoms with E-state index in [2.05, 4.69) is 25.9 Å². The third-order valence-corrected chi connectivity index (χ3v) is 3.82. The van der Waals surface area contributed by atoms with Crippen molar-refractivity contribution in [3.8, 4) is 11.8 Å². The quantitative estimate of drug-likeness (QED) is 0.803. The van der Waals surface area contributed by atoms with Crippen LogP contribution in [0.25, 0.3) is 0 Å². The Kier molecular flexibility index (Phi) is 4.34. The van der Waals surface area contributed by atoms with Crippen LogP contribution in [0.4, 0.5) is 0 Å². The van der Waals surface area contributed by atoms with E-state index < -0.39 is 0 Å². The molecule has 1 aromatic carbocycles. The van der Waals surface area contributed by atoms with E-state index in [9.17, 15) is 4.79 Å². The number of nitrogens with zero attached hydrogens (tertiary/aromatic N) is 2. The topological polar surface area (TPSA) is 61.3 Å². The van der Waals surface area contributed by atoms with E-state index in [1.54, 1.807) is 6.07 Å². The molecule has 0 radical (unpaired) electrons. The monoisotopic (exact) mass is 336 g/mol. The average Bonchev–Trinajstić information content (AvgIpc) is 2.48. The zero-order valence-electron chi connectivity index (χ0n) is 11.3. The highest BCUT2D eigenvalue weighted by Gasteiger charge is 2.21.